The van der Waals surface area contributed by atoms with Crippen molar-refractivity contribution >= 4 is 29.9 Å². The van der Waals surface area contributed by atoms with Crippen LogP contribution in [0.15, 0.2) is 35.3 Å². The minimum atomic E-state index is 0. The molecule has 0 saturated carbocycles. The Balaban J connectivity index is 0.00000341. The molecule has 2 heterocycles. The van der Waals surface area contributed by atoms with E-state index in [-0.39, 0.29) is 24.0 Å². The van der Waals surface area contributed by atoms with Crippen LogP contribution in [0.25, 0.3) is 0 Å². The number of aliphatic imine (C=N–C) groups is 1. The quantitative estimate of drug-likeness (QED) is 0.225. The van der Waals surface area contributed by atoms with E-state index < -0.39 is 0 Å². The van der Waals surface area contributed by atoms with Crippen LogP contribution in [-0.4, -0.2) is 93.2 Å². The van der Waals surface area contributed by atoms with Crippen molar-refractivity contribution in [3.05, 3.63) is 35.9 Å². The van der Waals surface area contributed by atoms with Crippen LogP contribution in [0.3, 0.4) is 0 Å². The Morgan fingerprint density at radius 3 is 2.77 bits per heavy atom. The first-order valence-electron chi connectivity index (χ1n) is 11.8. The smallest absolute Gasteiger partial charge is 0.193 e. The van der Waals surface area contributed by atoms with Gasteiger partial charge >= 0.3 is 0 Å². The first-order chi connectivity index (χ1) is 14.7. The molecule has 2 aliphatic rings. The topological polar surface area (TPSA) is 43.3 Å². The summed E-state index contributed by atoms with van der Waals surface area (Å²) in [6.45, 7) is 13.6. The fourth-order valence-corrected chi connectivity index (χ4v) is 4.31. The van der Waals surface area contributed by atoms with Gasteiger partial charge in [-0.25, -0.2) is 0 Å². The molecule has 0 amide bonds. The standard InChI is InChI=1S/C24H41N5O.HI/c1-3-25-24(26-12-7-14-28-15-8-13-27(2)17-18-28)29-16-11-23(19-29)21-30-20-22-9-5-4-6-10-22;/h4-6,9-10,23H,3,7-8,11-21H2,1-2H3,(H,25,26);1H. The predicted molar refractivity (Wildman–Crippen MR) is 140 cm³/mol. The Bertz CT molecular complexity index is 630. The van der Waals surface area contributed by atoms with Crippen molar-refractivity contribution < 1.29 is 4.74 Å². The number of ether oxygens (including phenoxy) is 1. The van der Waals surface area contributed by atoms with E-state index >= 15 is 0 Å². The fourth-order valence-electron chi connectivity index (χ4n) is 4.31. The van der Waals surface area contributed by atoms with Crippen LogP contribution in [-0.2, 0) is 11.3 Å². The molecule has 7 heteroatoms. The van der Waals surface area contributed by atoms with Crippen molar-refractivity contribution in [1.29, 1.82) is 0 Å². The fraction of sp³-hybridized carbons (Fsp3) is 0.708. The zero-order chi connectivity index (χ0) is 21.0. The predicted octanol–water partition coefficient (Wildman–Crippen LogP) is 3.14. The van der Waals surface area contributed by atoms with Gasteiger partial charge in [0.1, 0.15) is 0 Å². The van der Waals surface area contributed by atoms with E-state index in [0.29, 0.717) is 12.5 Å². The summed E-state index contributed by atoms with van der Waals surface area (Å²) in [6, 6.07) is 10.4. The Morgan fingerprint density at radius 2 is 1.97 bits per heavy atom. The van der Waals surface area contributed by atoms with Crippen molar-refractivity contribution in [3.8, 4) is 0 Å². The van der Waals surface area contributed by atoms with Gasteiger partial charge in [-0.2, -0.15) is 0 Å². The third-order valence-corrected chi connectivity index (χ3v) is 6.09. The molecule has 1 aromatic rings. The number of rotatable bonds is 9. The molecule has 2 fully saturated rings. The second-order valence-corrected chi connectivity index (χ2v) is 8.69. The molecule has 2 saturated heterocycles. The highest BCUT2D eigenvalue weighted by atomic mass is 127. The molecule has 0 aromatic heterocycles. The molecule has 0 radical (unpaired) electrons. The van der Waals surface area contributed by atoms with Gasteiger partial charge in [-0.1, -0.05) is 30.3 Å². The lowest BCUT2D eigenvalue weighted by Gasteiger charge is -2.22. The highest BCUT2D eigenvalue weighted by Gasteiger charge is 2.25. The third kappa shape index (κ3) is 9.63. The maximum absolute atomic E-state index is 5.98. The summed E-state index contributed by atoms with van der Waals surface area (Å²) in [4.78, 5) is 12.4. The van der Waals surface area contributed by atoms with Gasteiger partial charge in [-0.05, 0) is 58.4 Å². The molecular formula is C24H42IN5O. The van der Waals surface area contributed by atoms with Gasteiger partial charge < -0.3 is 24.8 Å². The van der Waals surface area contributed by atoms with Gasteiger partial charge in [0.15, 0.2) is 5.96 Å². The molecule has 1 aromatic carbocycles. The largest absolute Gasteiger partial charge is 0.376 e. The molecule has 0 bridgehead atoms. The van der Waals surface area contributed by atoms with E-state index in [9.17, 15) is 0 Å². The second kappa shape index (κ2) is 15.0. The van der Waals surface area contributed by atoms with E-state index in [2.05, 4.69) is 58.3 Å². The number of nitrogens with one attached hydrogen (secondary N) is 1. The van der Waals surface area contributed by atoms with E-state index in [1.54, 1.807) is 0 Å². The van der Waals surface area contributed by atoms with Crippen molar-refractivity contribution in [1.82, 2.24) is 20.0 Å². The molecular weight excluding hydrogens is 501 g/mol. The first-order valence-corrected chi connectivity index (χ1v) is 11.8. The zero-order valence-electron chi connectivity index (χ0n) is 19.5. The first kappa shape index (κ1) is 26.4. The van der Waals surface area contributed by atoms with Crippen LogP contribution in [0, 0.1) is 5.92 Å². The summed E-state index contributed by atoms with van der Waals surface area (Å²) in [5.74, 6) is 1.67. The number of hydrogen-bond acceptors (Lipinski definition) is 4. The summed E-state index contributed by atoms with van der Waals surface area (Å²) in [5, 5.41) is 3.50. The Labute approximate surface area is 206 Å². The van der Waals surface area contributed by atoms with Gasteiger partial charge in [-0.3, -0.25) is 4.99 Å². The Kier molecular flexibility index (Phi) is 12.8. The molecule has 2 aliphatic heterocycles. The van der Waals surface area contributed by atoms with Gasteiger partial charge in [-0.15, -0.1) is 24.0 Å². The normalized spacial score (nSPS) is 21.0. The Morgan fingerprint density at radius 1 is 1.13 bits per heavy atom. The highest BCUT2D eigenvalue weighted by Crippen LogP contribution is 2.17. The number of benzene rings is 1. The molecule has 176 valence electrons. The van der Waals surface area contributed by atoms with Gasteiger partial charge in [0.2, 0.25) is 0 Å². The number of guanidine groups is 1. The monoisotopic (exact) mass is 543 g/mol. The van der Waals surface area contributed by atoms with Crippen LogP contribution in [0.4, 0.5) is 0 Å². The van der Waals surface area contributed by atoms with Crippen molar-refractivity contribution in [2.75, 3.05) is 72.6 Å². The SMILES string of the molecule is CCNC(=NCCCN1CCCN(C)CC1)N1CCC(COCc2ccccc2)C1.I. The minimum Gasteiger partial charge on any atom is -0.376 e. The van der Waals surface area contributed by atoms with Crippen LogP contribution >= 0.6 is 24.0 Å². The molecule has 31 heavy (non-hydrogen) atoms. The van der Waals surface area contributed by atoms with Gasteiger partial charge in [0.05, 0.1) is 13.2 Å². The average molecular weight is 544 g/mol. The molecule has 0 spiro atoms. The molecule has 3 rings (SSSR count). The number of halogens is 1. The zero-order valence-corrected chi connectivity index (χ0v) is 21.8. The molecule has 6 nitrogen and oxygen atoms in total. The van der Waals surface area contributed by atoms with Gasteiger partial charge in [0, 0.05) is 45.2 Å². The van der Waals surface area contributed by atoms with Gasteiger partial charge in [0.25, 0.3) is 0 Å². The molecule has 1 N–H and O–H groups in total. The van der Waals surface area contributed by atoms with E-state index in [4.69, 9.17) is 9.73 Å². The number of likely N-dealkylation sites (N-methyl/N-ethyl adjacent to an activating group) is 1. The average Bonchev–Trinajstić information content (AvgIpc) is 3.13. The summed E-state index contributed by atoms with van der Waals surface area (Å²) in [6.07, 6.45) is 3.60. The minimum absolute atomic E-state index is 0. The summed E-state index contributed by atoms with van der Waals surface area (Å²) < 4.78 is 5.98. The molecule has 1 unspecified atom stereocenters. The second-order valence-electron chi connectivity index (χ2n) is 8.69. The van der Waals surface area contributed by atoms with Crippen LogP contribution < -0.4 is 5.32 Å². The number of nitrogens with zero attached hydrogens (tertiary/aromatic N) is 4. The van der Waals surface area contributed by atoms with Crippen molar-refractivity contribution in [2.45, 2.75) is 32.8 Å². The Hall–Kier alpha value is -0.900. The van der Waals surface area contributed by atoms with E-state index in [1.807, 2.05) is 6.07 Å². The maximum Gasteiger partial charge on any atom is 0.193 e. The summed E-state index contributed by atoms with van der Waals surface area (Å²) in [5.41, 5.74) is 1.25. The number of likely N-dealkylation sites (tertiary alicyclic amines) is 1. The summed E-state index contributed by atoms with van der Waals surface area (Å²) >= 11 is 0. The van der Waals surface area contributed by atoms with Crippen LogP contribution in [0.5, 0.6) is 0 Å². The number of hydrogen-bond donors (Lipinski definition) is 1. The van der Waals surface area contributed by atoms with Crippen molar-refractivity contribution in [3.63, 3.8) is 0 Å². The summed E-state index contributed by atoms with van der Waals surface area (Å²) in [7, 11) is 2.23. The lowest BCUT2D eigenvalue weighted by molar-refractivity contribution is 0.0906. The molecule has 0 aliphatic carbocycles. The maximum atomic E-state index is 5.98. The highest BCUT2D eigenvalue weighted by molar-refractivity contribution is 14.0. The van der Waals surface area contributed by atoms with E-state index in [0.717, 1.165) is 51.7 Å². The lowest BCUT2D eigenvalue weighted by Crippen LogP contribution is -2.40. The van der Waals surface area contributed by atoms with Crippen LogP contribution in [0.1, 0.15) is 31.7 Å². The van der Waals surface area contributed by atoms with Crippen molar-refractivity contribution in [2.24, 2.45) is 10.9 Å². The third-order valence-electron chi connectivity index (χ3n) is 6.09. The molecule has 1 atom stereocenters. The lowest BCUT2D eigenvalue weighted by atomic mass is 10.1. The van der Waals surface area contributed by atoms with Crippen LogP contribution in [0.2, 0.25) is 0 Å². The van der Waals surface area contributed by atoms with E-state index in [1.165, 1.54) is 44.6 Å².